The fourth-order valence-electron chi connectivity index (χ4n) is 1.97. The van der Waals surface area contributed by atoms with Crippen molar-refractivity contribution in [1.82, 2.24) is 4.98 Å². The number of nitrogens with zero attached hydrogens (tertiary/aromatic N) is 1. The molecule has 1 aromatic heterocycles. The van der Waals surface area contributed by atoms with E-state index in [0.29, 0.717) is 6.61 Å². The zero-order chi connectivity index (χ0) is 13.5. The van der Waals surface area contributed by atoms with E-state index in [0.717, 1.165) is 24.2 Å². The monoisotopic (exact) mass is 256 g/mol. The molecule has 3 heteroatoms. The molecule has 0 aliphatic rings. The summed E-state index contributed by atoms with van der Waals surface area (Å²) in [5.74, 6) is 0.894. The van der Waals surface area contributed by atoms with Gasteiger partial charge in [-0.2, -0.15) is 0 Å². The lowest BCUT2D eigenvalue weighted by molar-refractivity contribution is 0.316. The Morgan fingerprint density at radius 1 is 1.16 bits per heavy atom. The van der Waals surface area contributed by atoms with E-state index in [9.17, 15) is 0 Å². The molecule has 3 nitrogen and oxygen atoms in total. The van der Waals surface area contributed by atoms with E-state index in [2.05, 4.69) is 11.9 Å². The SMILES string of the molecule is CC[C@H](N)c1ccccc1OCCc1ccncc1. The van der Waals surface area contributed by atoms with Crippen LogP contribution in [0.25, 0.3) is 0 Å². The maximum absolute atomic E-state index is 6.09. The Morgan fingerprint density at radius 2 is 1.89 bits per heavy atom. The number of para-hydroxylation sites is 1. The average molecular weight is 256 g/mol. The summed E-state index contributed by atoms with van der Waals surface area (Å²) in [6.07, 6.45) is 5.38. The molecule has 1 aromatic carbocycles. The summed E-state index contributed by atoms with van der Waals surface area (Å²) in [7, 11) is 0. The predicted octanol–water partition coefficient (Wildman–Crippen LogP) is 3.11. The number of aromatic nitrogens is 1. The molecule has 0 saturated carbocycles. The Labute approximate surface area is 114 Å². The van der Waals surface area contributed by atoms with Crippen molar-refractivity contribution in [2.24, 2.45) is 5.73 Å². The summed E-state index contributed by atoms with van der Waals surface area (Å²) in [6, 6.07) is 12.1. The summed E-state index contributed by atoms with van der Waals surface area (Å²) in [6.45, 7) is 2.73. The van der Waals surface area contributed by atoms with Gasteiger partial charge in [0.25, 0.3) is 0 Å². The van der Waals surface area contributed by atoms with Crippen LogP contribution in [0.15, 0.2) is 48.8 Å². The maximum Gasteiger partial charge on any atom is 0.124 e. The number of benzene rings is 1. The van der Waals surface area contributed by atoms with Gasteiger partial charge in [-0.25, -0.2) is 0 Å². The minimum absolute atomic E-state index is 0.0390. The van der Waals surface area contributed by atoms with Crippen LogP contribution in [0.4, 0.5) is 0 Å². The lowest BCUT2D eigenvalue weighted by atomic mass is 10.0. The molecule has 0 amide bonds. The number of pyridine rings is 1. The summed E-state index contributed by atoms with van der Waals surface area (Å²) in [5, 5.41) is 0. The molecule has 2 rings (SSSR count). The lowest BCUT2D eigenvalue weighted by Crippen LogP contribution is -2.11. The predicted molar refractivity (Wildman–Crippen MR) is 77.1 cm³/mol. The molecule has 2 aromatic rings. The standard InChI is InChI=1S/C16H20N2O/c1-2-15(17)14-5-3-4-6-16(14)19-12-9-13-7-10-18-11-8-13/h3-8,10-11,15H,2,9,12,17H2,1H3/t15-/m0/s1. The van der Waals surface area contributed by atoms with E-state index in [4.69, 9.17) is 10.5 Å². The number of hydrogen-bond acceptors (Lipinski definition) is 3. The smallest absolute Gasteiger partial charge is 0.124 e. The second-order valence-corrected chi connectivity index (χ2v) is 4.51. The molecule has 0 saturated heterocycles. The maximum atomic E-state index is 6.09. The second-order valence-electron chi connectivity index (χ2n) is 4.51. The highest BCUT2D eigenvalue weighted by Crippen LogP contribution is 2.25. The minimum atomic E-state index is 0.0390. The highest BCUT2D eigenvalue weighted by Gasteiger charge is 2.09. The Hall–Kier alpha value is -1.87. The number of rotatable bonds is 6. The first-order valence-corrected chi connectivity index (χ1v) is 6.67. The van der Waals surface area contributed by atoms with Crippen LogP contribution in [-0.2, 0) is 6.42 Å². The van der Waals surface area contributed by atoms with Crippen molar-refractivity contribution < 1.29 is 4.74 Å². The first kappa shape index (κ1) is 13.6. The second kappa shape index (κ2) is 6.90. The topological polar surface area (TPSA) is 48.1 Å². The Bertz CT molecular complexity index is 499. The Balaban J connectivity index is 1.96. The van der Waals surface area contributed by atoms with Crippen LogP contribution in [0, 0.1) is 0 Å². The van der Waals surface area contributed by atoms with Gasteiger partial charge < -0.3 is 10.5 Å². The average Bonchev–Trinajstić information content (AvgIpc) is 2.48. The van der Waals surface area contributed by atoms with Crippen molar-refractivity contribution >= 4 is 0 Å². The van der Waals surface area contributed by atoms with Crippen molar-refractivity contribution in [3.8, 4) is 5.75 Å². The first-order valence-electron chi connectivity index (χ1n) is 6.67. The van der Waals surface area contributed by atoms with E-state index in [-0.39, 0.29) is 6.04 Å². The molecule has 1 atom stereocenters. The highest BCUT2D eigenvalue weighted by atomic mass is 16.5. The fraction of sp³-hybridized carbons (Fsp3) is 0.312. The zero-order valence-corrected chi connectivity index (χ0v) is 11.3. The molecule has 19 heavy (non-hydrogen) atoms. The van der Waals surface area contributed by atoms with Gasteiger partial charge in [0, 0.05) is 30.4 Å². The van der Waals surface area contributed by atoms with Gasteiger partial charge in [0.15, 0.2) is 0 Å². The van der Waals surface area contributed by atoms with Crippen LogP contribution >= 0.6 is 0 Å². The van der Waals surface area contributed by atoms with Crippen molar-refractivity contribution in [2.75, 3.05) is 6.61 Å². The number of ether oxygens (including phenoxy) is 1. The van der Waals surface area contributed by atoms with Gasteiger partial charge in [-0.15, -0.1) is 0 Å². The van der Waals surface area contributed by atoms with Gasteiger partial charge in [0.1, 0.15) is 5.75 Å². The van der Waals surface area contributed by atoms with Gasteiger partial charge in [-0.1, -0.05) is 25.1 Å². The molecule has 2 N–H and O–H groups in total. The third-order valence-electron chi connectivity index (χ3n) is 3.16. The third kappa shape index (κ3) is 3.80. The molecule has 0 unspecified atom stereocenters. The first-order chi connectivity index (χ1) is 9.31. The summed E-state index contributed by atoms with van der Waals surface area (Å²) in [5.41, 5.74) is 8.40. The van der Waals surface area contributed by atoms with Gasteiger partial charge in [0.2, 0.25) is 0 Å². The summed E-state index contributed by atoms with van der Waals surface area (Å²) in [4.78, 5) is 4.00. The molecule has 0 aliphatic heterocycles. The Kier molecular flexibility index (Phi) is 4.93. The Morgan fingerprint density at radius 3 is 2.63 bits per heavy atom. The van der Waals surface area contributed by atoms with Crippen LogP contribution in [0.5, 0.6) is 5.75 Å². The molecule has 0 radical (unpaired) electrons. The van der Waals surface area contributed by atoms with Crippen LogP contribution in [0.2, 0.25) is 0 Å². The molecule has 0 aliphatic carbocycles. The lowest BCUT2D eigenvalue weighted by Gasteiger charge is -2.15. The van der Waals surface area contributed by atoms with Gasteiger partial charge in [0.05, 0.1) is 6.61 Å². The third-order valence-corrected chi connectivity index (χ3v) is 3.16. The number of nitrogens with two attached hydrogens (primary N) is 1. The highest BCUT2D eigenvalue weighted by molar-refractivity contribution is 5.35. The van der Waals surface area contributed by atoms with Crippen molar-refractivity contribution in [2.45, 2.75) is 25.8 Å². The summed E-state index contributed by atoms with van der Waals surface area (Å²) < 4.78 is 5.86. The van der Waals surface area contributed by atoms with Crippen LogP contribution in [0.3, 0.4) is 0 Å². The molecule has 100 valence electrons. The zero-order valence-electron chi connectivity index (χ0n) is 11.3. The van der Waals surface area contributed by atoms with E-state index >= 15 is 0 Å². The van der Waals surface area contributed by atoms with Gasteiger partial charge >= 0.3 is 0 Å². The van der Waals surface area contributed by atoms with E-state index in [1.807, 2.05) is 36.4 Å². The number of hydrogen-bond donors (Lipinski definition) is 1. The normalized spacial score (nSPS) is 12.1. The molecule has 0 bridgehead atoms. The molecular weight excluding hydrogens is 236 g/mol. The van der Waals surface area contributed by atoms with Gasteiger partial charge in [-0.3, -0.25) is 4.98 Å². The van der Waals surface area contributed by atoms with Gasteiger partial charge in [-0.05, 0) is 30.2 Å². The molecule has 0 fully saturated rings. The van der Waals surface area contributed by atoms with Crippen LogP contribution in [0.1, 0.15) is 30.5 Å². The largest absolute Gasteiger partial charge is 0.493 e. The van der Waals surface area contributed by atoms with E-state index < -0.39 is 0 Å². The van der Waals surface area contributed by atoms with Crippen molar-refractivity contribution in [1.29, 1.82) is 0 Å². The fourth-order valence-corrected chi connectivity index (χ4v) is 1.97. The molecule has 0 spiro atoms. The summed E-state index contributed by atoms with van der Waals surface area (Å²) >= 11 is 0. The van der Waals surface area contributed by atoms with Crippen LogP contribution < -0.4 is 10.5 Å². The van der Waals surface area contributed by atoms with Crippen molar-refractivity contribution in [3.05, 3.63) is 59.9 Å². The van der Waals surface area contributed by atoms with Crippen LogP contribution in [-0.4, -0.2) is 11.6 Å². The quantitative estimate of drug-likeness (QED) is 0.864. The van der Waals surface area contributed by atoms with Crippen molar-refractivity contribution in [3.63, 3.8) is 0 Å². The molecule has 1 heterocycles. The van der Waals surface area contributed by atoms with E-state index in [1.54, 1.807) is 12.4 Å². The molecular formula is C16H20N2O. The van der Waals surface area contributed by atoms with E-state index in [1.165, 1.54) is 5.56 Å². The minimum Gasteiger partial charge on any atom is -0.493 e.